The van der Waals surface area contributed by atoms with Gasteiger partial charge in [0.1, 0.15) is 33.1 Å². The molecule has 4 aromatic rings. The number of nitrogens with zero attached hydrogens (tertiary/aromatic N) is 2. The van der Waals surface area contributed by atoms with E-state index < -0.39 is 26.4 Å². The molecule has 1 aliphatic rings. The van der Waals surface area contributed by atoms with Crippen LogP contribution in [0.15, 0.2) is 72.8 Å². The van der Waals surface area contributed by atoms with Gasteiger partial charge in [-0.3, -0.25) is 4.79 Å². The molecule has 1 aromatic heterocycles. The lowest BCUT2D eigenvalue weighted by Gasteiger charge is -2.17. The quantitative estimate of drug-likeness (QED) is 0.0950. The molecule has 1 atom stereocenters. The summed E-state index contributed by atoms with van der Waals surface area (Å²) in [4.78, 5) is 14.0. The Labute approximate surface area is 285 Å². The van der Waals surface area contributed by atoms with Gasteiger partial charge in [-0.05, 0) is 55.0 Å². The van der Waals surface area contributed by atoms with Gasteiger partial charge in [0.15, 0.2) is 17.3 Å². The Morgan fingerprint density at radius 2 is 1.43 bits per heavy atom. The summed E-state index contributed by atoms with van der Waals surface area (Å²) in [5.74, 6) is 2.87. The van der Waals surface area contributed by atoms with Crippen LogP contribution in [-0.4, -0.2) is 74.2 Å². The van der Waals surface area contributed by atoms with Gasteiger partial charge in [0.05, 0.1) is 54.8 Å². The third-order valence-corrected chi connectivity index (χ3v) is 10.6. The van der Waals surface area contributed by atoms with E-state index in [4.69, 9.17) is 41.8 Å². The number of rotatable bonds is 15. The summed E-state index contributed by atoms with van der Waals surface area (Å²) in [5, 5.41) is 8.03. The van der Waals surface area contributed by atoms with E-state index in [0.29, 0.717) is 52.9 Å². The number of unbranched alkanes of at least 4 members (excludes halogenated alkanes) is 1. The zero-order valence-electron chi connectivity index (χ0n) is 27.7. The number of hydrogen-bond acceptors (Lipinski definition) is 14. The first-order valence-corrected chi connectivity index (χ1v) is 17.8. The average molecular weight is 717 g/mol. The highest BCUT2D eigenvalue weighted by molar-refractivity contribution is 8.40. The molecule has 0 aliphatic carbocycles. The first-order chi connectivity index (χ1) is 23.7. The van der Waals surface area contributed by atoms with Crippen LogP contribution < -0.4 is 38.6 Å². The lowest BCUT2D eigenvalue weighted by atomic mass is 10.1. The van der Waals surface area contributed by atoms with Crippen molar-refractivity contribution >= 4 is 42.8 Å². The van der Waals surface area contributed by atoms with Crippen molar-refractivity contribution in [2.24, 2.45) is 10.2 Å². The Bertz CT molecular complexity index is 2020. The van der Waals surface area contributed by atoms with E-state index in [-0.39, 0.29) is 45.0 Å². The zero-order valence-corrected chi connectivity index (χ0v) is 29.4. The molecule has 262 valence electrons. The first kappa shape index (κ1) is 35.2. The van der Waals surface area contributed by atoms with E-state index in [9.17, 15) is 13.2 Å². The van der Waals surface area contributed by atoms with Crippen molar-refractivity contribution < 1.29 is 50.2 Å². The molecule has 1 aliphatic heterocycles. The Morgan fingerprint density at radius 3 is 2.04 bits per heavy atom. The van der Waals surface area contributed by atoms with Crippen molar-refractivity contribution in [1.82, 2.24) is 0 Å². The maximum absolute atomic E-state index is 14.0. The molecule has 1 unspecified atom stereocenters. The summed E-state index contributed by atoms with van der Waals surface area (Å²) in [6.07, 6.45) is 1.08. The van der Waals surface area contributed by atoms with E-state index >= 15 is 0 Å². The van der Waals surface area contributed by atoms with Crippen molar-refractivity contribution in [1.29, 1.82) is 0 Å². The van der Waals surface area contributed by atoms with Crippen molar-refractivity contribution in [2.45, 2.75) is 17.7 Å². The largest absolute Gasteiger partial charge is 0.497 e. The second-order valence-corrected chi connectivity index (χ2v) is 13.8. The smallest absolute Gasteiger partial charge is 0.341 e. The normalized spacial score (nSPS) is 14.7. The highest BCUT2D eigenvalue weighted by Crippen LogP contribution is 2.44. The van der Waals surface area contributed by atoms with Crippen molar-refractivity contribution in [3.05, 3.63) is 58.8 Å². The molecule has 0 spiro atoms. The van der Waals surface area contributed by atoms with Crippen LogP contribution in [0.3, 0.4) is 0 Å². The van der Waals surface area contributed by atoms with Gasteiger partial charge in [0.25, 0.3) is 5.23 Å². The van der Waals surface area contributed by atoms with Gasteiger partial charge >= 0.3 is 10.1 Å². The molecule has 2 heterocycles. The lowest BCUT2D eigenvalue weighted by Crippen LogP contribution is -2.14. The SMILES string of the molecule is COc1ccc(S(=O)(=O)OC2=NN=C[SH]2CCCCOc2c(-c3cc(OC)c(OC)c(OC)c3)oc3cc(OC)cc(OC)c3c2=O)cc1. The summed E-state index contributed by atoms with van der Waals surface area (Å²) in [6, 6.07) is 12.3. The zero-order chi connectivity index (χ0) is 35.1. The van der Waals surface area contributed by atoms with E-state index in [0.717, 1.165) is 0 Å². The van der Waals surface area contributed by atoms with Gasteiger partial charge in [-0.2, -0.15) is 8.42 Å². The highest BCUT2D eigenvalue weighted by Gasteiger charge is 2.26. The minimum absolute atomic E-state index is 0.0292. The van der Waals surface area contributed by atoms with Gasteiger partial charge < -0.3 is 41.8 Å². The van der Waals surface area contributed by atoms with E-state index in [1.165, 1.54) is 66.9 Å². The summed E-state index contributed by atoms with van der Waals surface area (Å²) in [5.41, 5.74) is 1.79. The van der Waals surface area contributed by atoms with Gasteiger partial charge in [0.2, 0.25) is 16.9 Å². The number of ether oxygens (including phenoxy) is 7. The summed E-state index contributed by atoms with van der Waals surface area (Å²) < 4.78 is 76.0. The van der Waals surface area contributed by atoms with Crippen LogP contribution in [-0.2, 0) is 14.3 Å². The van der Waals surface area contributed by atoms with Crippen molar-refractivity contribution in [3.63, 3.8) is 0 Å². The molecule has 49 heavy (non-hydrogen) atoms. The maximum Gasteiger partial charge on any atom is 0.341 e. The third-order valence-electron chi connectivity index (χ3n) is 7.43. The molecule has 16 heteroatoms. The second kappa shape index (κ2) is 15.4. The second-order valence-electron chi connectivity index (χ2n) is 10.3. The molecule has 0 saturated carbocycles. The van der Waals surface area contributed by atoms with Gasteiger partial charge in [-0.25, -0.2) is 0 Å². The minimum Gasteiger partial charge on any atom is -0.497 e. The van der Waals surface area contributed by atoms with Crippen LogP contribution in [0.2, 0.25) is 0 Å². The van der Waals surface area contributed by atoms with Crippen LogP contribution in [0.1, 0.15) is 12.8 Å². The molecule has 14 nitrogen and oxygen atoms in total. The van der Waals surface area contributed by atoms with Gasteiger partial charge in [0, 0.05) is 17.7 Å². The average Bonchev–Trinajstić information content (AvgIpc) is 3.56. The number of thiol groups is 1. The molecule has 0 saturated heterocycles. The van der Waals surface area contributed by atoms with Crippen LogP contribution in [0.25, 0.3) is 22.3 Å². The van der Waals surface area contributed by atoms with Crippen LogP contribution in [0, 0.1) is 0 Å². The molecule has 0 N–H and O–H groups in total. The summed E-state index contributed by atoms with van der Waals surface area (Å²) in [7, 11) is 3.55. The molecule has 0 radical (unpaired) electrons. The predicted octanol–water partition coefficient (Wildman–Crippen LogP) is 5.39. The Kier molecular flexibility index (Phi) is 11.1. The monoisotopic (exact) mass is 716 g/mol. The molecule has 3 aromatic carbocycles. The number of benzene rings is 3. The fourth-order valence-corrected chi connectivity index (χ4v) is 7.75. The van der Waals surface area contributed by atoms with Crippen LogP contribution in [0.4, 0.5) is 0 Å². The van der Waals surface area contributed by atoms with E-state index in [2.05, 4.69) is 10.2 Å². The van der Waals surface area contributed by atoms with Crippen LogP contribution >= 0.6 is 10.9 Å². The third kappa shape index (κ3) is 7.49. The van der Waals surface area contributed by atoms with E-state index in [1.807, 2.05) is 0 Å². The maximum atomic E-state index is 14.0. The Balaban J connectivity index is 1.36. The summed E-state index contributed by atoms with van der Waals surface area (Å²) in [6.45, 7) is 0.129. The molecule has 0 fully saturated rings. The van der Waals surface area contributed by atoms with Gasteiger partial charge in [-0.1, -0.05) is 0 Å². The molecular formula is C33H36N2O12S2. The molecular weight excluding hydrogens is 680 g/mol. The Hall–Kier alpha value is -5.09. The topological polar surface area (TPSA) is 163 Å². The first-order valence-electron chi connectivity index (χ1n) is 14.8. The van der Waals surface area contributed by atoms with Crippen molar-refractivity contribution in [2.75, 3.05) is 55.0 Å². The van der Waals surface area contributed by atoms with Gasteiger partial charge in [-0.15, -0.1) is 21.1 Å². The van der Waals surface area contributed by atoms with Crippen molar-refractivity contribution in [3.8, 4) is 51.6 Å². The fraction of sp³-hybridized carbons (Fsp3) is 0.303. The fourth-order valence-electron chi connectivity index (χ4n) is 4.96. The van der Waals surface area contributed by atoms with E-state index in [1.54, 1.807) is 29.8 Å². The summed E-state index contributed by atoms with van der Waals surface area (Å²) >= 11 is 0. The minimum atomic E-state index is -4.12. The number of fused-ring (bicyclic) bond motifs is 1. The molecule has 0 bridgehead atoms. The lowest BCUT2D eigenvalue weighted by molar-refractivity contribution is 0.301. The standard InChI is InChI=1S/C33H36N2O12S2/c1-39-21-9-11-23(12-10-21)49(37,38)47-33-35-34-19-48(33)14-8-7-13-45-32-29(36)28-24(41-3)17-22(40-2)18-25(28)46-30(32)20-15-26(42-4)31(44-6)27(16-20)43-5/h9-12,15-19,48H,7-8,13-14H2,1-6H3. The Morgan fingerprint density at radius 1 is 0.755 bits per heavy atom. The van der Waals surface area contributed by atoms with Crippen LogP contribution in [0.5, 0.6) is 40.2 Å². The molecule has 5 rings (SSSR count). The highest BCUT2D eigenvalue weighted by atomic mass is 32.2. The number of hydrogen-bond donors (Lipinski definition) is 1. The molecule has 0 amide bonds. The number of methoxy groups -OCH3 is 6. The predicted molar refractivity (Wildman–Crippen MR) is 186 cm³/mol.